The van der Waals surface area contributed by atoms with Crippen molar-refractivity contribution < 1.29 is 19.5 Å². The first kappa shape index (κ1) is 24.1. The topological polar surface area (TPSA) is 99.6 Å². The van der Waals surface area contributed by atoms with Crippen LogP contribution in [0.2, 0.25) is 0 Å². The number of aliphatic hydroxyl groups is 1. The largest absolute Gasteiger partial charge is 0.391 e. The first-order chi connectivity index (χ1) is 15.2. The molecule has 172 valence electrons. The van der Waals surface area contributed by atoms with Crippen LogP contribution in [0.3, 0.4) is 0 Å². The quantitative estimate of drug-likeness (QED) is 0.635. The van der Waals surface area contributed by atoms with Crippen molar-refractivity contribution >= 4 is 28.9 Å². The summed E-state index contributed by atoms with van der Waals surface area (Å²) in [6, 6.07) is 6.73. The van der Waals surface area contributed by atoms with Crippen molar-refractivity contribution in [3.8, 4) is 10.4 Å². The van der Waals surface area contributed by atoms with Gasteiger partial charge in [-0.15, -0.1) is 11.3 Å². The maximum atomic E-state index is 13.1. The number of aliphatic hydroxyl groups excluding tert-OH is 1. The molecule has 0 saturated carbocycles. The van der Waals surface area contributed by atoms with Crippen LogP contribution in [0.15, 0.2) is 29.8 Å². The first-order valence-electron chi connectivity index (χ1n) is 10.9. The molecule has 0 bridgehead atoms. The summed E-state index contributed by atoms with van der Waals surface area (Å²) in [7, 11) is 0. The molecular formula is C24H31N3O4S. The molecule has 0 unspecified atom stereocenters. The fourth-order valence-corrected chi connectivity index (χ4v) is 4.92. The maximum Gasteiger partial charge on any atom is 0.246 e. The summed E-state index contributed by atoms with van der Waals surface area (Å²) in [5.74, 6) is -0.797. The van der Waals surface area contributed by atoms with Crippen LogP contribution in [0.4, 0.5) is 0 Å². The van der Waals surface area contributed by atoms with Crippen LogP contribution in [0.5, 0.6) is 0 Å². The molecule has 0 spiro atoms. The average Bonchev–Trinajstić information content (AvgIpc) is 3.35. The van der Waals surface area contributed by atoms with Crippen molar-refractivity contribution in [2.75, 3.05) is 6.54 Å². The fourth-order valence-electron chi connectivity index (χ4n) is 4.11. The Morgan fingerprint density at radius 2 is 1.94 bits per heavy atom. The standard InChI is InChI=1S/C24H31N3O4S/c1-14(2)22(26-16(4)28)24(31)27-12-19(29)11-20(27)21(30)10-7-17-5-8-18(9-6-17)23-15(3)25-13-32-23/h5-6,8-9,13-14,19-20,22,29H,7,10-12H2,1-4H3,(H,26,28)/t19-,20+,22+/m1/s1. The molecule has 3 rings (SSSR count). The van der Waals surface area contributed by atoms with Crippen LogP contribution in [-0.4, -0.2) is 57.3 Å². The second-order valence-corrected chi connectivity index (χ2v) is 9.60. The van der Waals surface area contributed by atoms with Crippen molar-refractivity contribution in [1.29, 1.82) is 0 Å². The van der Waals surface area contributed by atoms with Gasteiger partial charge in [-0.3, -0.25) is 14.4 Å². The Bertz CT molecular complexity index is 970. The molecule has 1 aliphatic rings. The summed E-state index contributed by atoms with van der Waals surface area (Å²) in [5.41, 5.74) is 4.98. The number of β-amino-alcohol motifs (C(OH)–C–C–N with tert-alkyl or cyclic N) is 1. The lowest BCUT2D eigenvalue weighted by molar-refractivity contribution is -0.141. The lowest BCUT2D eigenvalue weighted by Crippen LogP contribution is -2.53. The van der Waals surface area contributed by atoms with Crippen molar-refractivity contribution in [1.82, 2.24) is 15.2 Å². The molecule has 7 nitrogen and oxygen atoms in total. The predicted octanol–water partition coefficient (Wildman–Crippen LogP) is 2.74. The van der Waals surface area contributed by atoms with Gasteiger partial charge in [0.2, 0.25) is 11.8 Å². The molecule has 1 saturated heterocycles. The minimum Gasteiger partial charge on any atom is -0.391 e. The lowest BCUT2D eigenvalue weighted by atomic mass is 9.98. The number of amides is 2. The Kier molecular flexibility index (Phi) is 7.79. The first-order valence-corrected chi connectivity index (χ1v) is 11.8. The molecule has 32 heavy (non-hydrogen) atoms. The van der Waals surface area contributed by atoms with E-state index in [1.165, 1.54) is 11.8 Å². The van der Waals surface area contributed by atoms with Crippen LogP contribution < -0.4 is 5.32 Å². The van der Waals surface area contributed by atoms with Crippen LogP contribution >= 0.6 is 11.3 Å². The molecule has 8 heteroatoms. The zero-order chi connectivity index (χ0) is 23.4. The van der Waals surface area contributed by atoms with Crippen LogP contribution in [-0.2, 0) is 20.8 Å². The monoisotopic (exact) mass is 457 g/mol. The molecule has 2 heterocycles. The second kappa shape index (κ2) is 10.4. The molecule has 1 aliphatic heterocycles. The molecule has 2 N–H and O–H groups in total. The number of likely N-dealkylation sites (tertiary alicyclic amines) is 1. The molecule has 0 radical (unpaired) electrons. The number of thiazole rings is 1. The average molecular weight is 458 g/mol. The van der Waals surface area contributed by atoms with Crippen molar-refractivity contribution in [2.45, 2.75) is 65.1 Å². The van der Waals surface area contributed by atoms with Crippen LogP contribution in [0.1, 0.15) is 44.9 Å². The van der Waals surface area contributed by atoms with Crippen molar-refractivity contribution in [3.05, 3.63) is 41.0 Å². The third-order valence-electron chi connectivity index (χ3n) is 5.85. The van der Waals surface area contributed by atoms with E-state index in [-0.39, 0.29) is 42.9 Å². The summed E-state index contributed by atoms with van der Waals surface area (Å²) in [6.07, 6.45) is 0.348. The number of rotatable bonds is 8. The van der Waals surface area contributed by atoms with Crippen molar-refractivity contribution in [3.63, 3.8) is 0 Å². The zero-order valence-electron chi connectivity index (χ0n) is 19.0. The smallest absolute Gasteiger partial charge is 0.246 e. The number of carbonyl (C=O) groups excluding carboxylic acids is 3. The van der Waals surface area contributed by atoms with Gasteiger partial charge in [0, 0.05) is 26.3 Å². The van der Waals surface area contributed by atoms with Gasteiger partial charge in [-0.1, -0.05) is 38.1 Å². The molecule has 1 fully saturated rings. The molecule has 1 aromatic carbocycles. The maximum absolute atomic E-state index is 13.1. The molecule has 2 aromatic rings. The molecule has 1 aromatic heterocycles. The second-order valence-electron chi connectivity index (χ2n) is 8.75. The van der Waals surface area contributed by atoms with Gasteiger partial charge in [-0.25, -0.2) is 4.98 Å². The highest BCUT2D eigenvalue weighted by molar-refractivity contribution is 7.13. The number of nitrogens with zero attached hydrogens (tertiary/aromatic N) is 2. The number of aromatic nitrogens is 1. The van der Waals surface area contributed by atoms with E-state index in [2.05, 4.69) is 10.3 Å². The number of hydrogen-bond acceptors (Lipinski definition) is 6. The number of hydrogen-bond donors (Lipinski definition) is 2. The van der Waals surface area contributed by atoms with Crippen LogP contribution in [0, 0.1) is 12.8 Å². The number of ketones is 1. The Labute approximate surface area is 192 Å². The highest BCUT2D eigenvalue weighted by Crippen LogP contribution is 2.28. The van der Waals surface area contributed by atoms with E-state index in [9.17, 15) is 19.5 Å². The van der Waals surface area contributed by atoms with E-state index in [1.807, 2.05) is 50.5 Å². The van der Waals surface area contributed by atoms with Crippen LogP contribution in [0.25, 0.3) is 10.4 Å². The molecule has 0 aliphatic carbocycles. The van der Waals surface area contributed by atoms with E-state index in [4.69, 9.17) is 0 Å². The molecular weight excluding hydrogens is 426 g/mol. The summed E-state index contributed by atoms with van der Waals surface area (Å²) in [5, 5.41) is 12.8. The normalized spacial score (nSPS) is 19.2. The number of Topliss-reactive ketones (excluding diaryl/α,β-unsaturated/α-hetero) is 1. The zero-order valence-corrected chi connectivity index (χ0v) is 19.8. The van der Waals surface area contributed by atoms with E-state index in [0.717, 1.165) is 21.7 Å². The SMILES string of the molecule is CC(=O)N[C@H](C(=O)N1C[C@H](O)C[C@H]1C(=O)CCc1ccc(-c2scnc2C)cc1)C(C)C. The van der Waals surface area contributed by atoms with E-state index >= 15 is 0 Å². The van der Waals surface area contributed by atoms with Gasteiger partial charge in [0.25, 0.3) is 0 Å². The summed E-state index contributed by atoms with van der Waals surface area (Å²) >= 11 is 1.60. The van der Waals surface area contributed by atoms with Gasteiger partial charge >= 0.3 is 0 Å². The van der Waals surface area contributed by atoms with Gasteiger partial charge in [0.05, 0.1) is 28.2 Å². The minimum absolute atomic E-state index is 0.0670. The van der Waals surface area contributed by atoms with E-state index in [1.54, 1.807) is 11.3 Å². The molecule has 3 atom stereocenters. The predicted molar refractivity (Wildman–Crippen MR) is 124 cm³/mol. The van der Waals surface area contributed by atoms with E-state index < -0.39 is 18.2 Å². The number of aryl methyl sites for hydroxylation is 2. The fraction of sp³-hybridized carbons (Fsp3) is 0.500. The van der Waals surface area contributed by atoms with E-state index in [0.29, 0.717) is 6.42 Å². The number of carbonyl (C=O) groups is 3. The summed E-state index contributed by atoms with van der Waals surface area (Å²) in [4.78, 5) is 44.5. The lowest BCUT2D eigenvalue weighted by Gasteiger charge is -2.30. The van der Waals surface area contributed by atoms with Gasteiger partial charge < -0.3 is 15.3 Å². The third-order valence-corrected chi connectivity index (χ3v) is 6.82. The minimum atomic E-state index is -0.736. The number of nitrogens with one attached hydrogen (secondary N) is 1. The highest BCUT2D eigenvalue weighted by Gasteiger charge is 2.41. The van der Waals surface area contributed by atoms with Gasteiger partial charge in [-0.05, 0) is 30.4 Å². The Hall–Kier alpha value is -2.58. The molecule has 2 amide bonds. The van der Waals surface area contributed by atoms with Crippen molar-refractivity contribution in [2.24, 2.45) is 5.92 Å². The Morgan fingerprint density at radius 3 is 2.50 bits per heavy atom. The Morgan fingerprint density at radius 1 is 1.25 bits per heavy atom. The Balaban J connectivity index is 1.64. The highest BCUT2D eigenvalue weighted by atomic mass is 32.1. The van der Waals surface area contributed by atoms with Gasteiger partial charge in [0.15, 0.2) is 5.78 Å². The van der Waals surface area contributed by atoms with Gasteiger partial charge in [0.1, 0.15) is 6.04 Å². The van der Waals surface area contributed by atoms with Gasteiger partial charge in [-0.2, -0.15) is 0 Å². The number of benzene rings is 1. The summed E-state index contributed by atoms with van der Waals surface area (Å²) in [6.45, 7) is 7.16. The summed E-state index contributed by atoms with van der Waals surface area (Å²) < 4.78 is 0. The third kappa shape index (κ3) is 5.61.